The molecule has 1 aromatic carbocycles. The molecule has 0 aliphatic carbocycles. The average molecular weight is 410 g/mol. The van der Waals surface area contributed by atoms with Crippen molar-refractivity contribution >= 4 is 20.2 Å². The van der Waals surface area contributed by atoms with Gasteiger partial charge in [-0.3, -0.25) is 4.79 Å². The lowest BCUT2D eigenvalue weighted by molar-refractivity contribution is 0.0451. The molecule has 0 bridgehead atoms. The summed E-state index contributed by atoms with van der Waals surface area (Å²) in [5.74, 6) is 0.498. The largest absolute Gasteiger partial charge is 0.544 e. The molecule has 0 heterocycles. The zero-order chi connectivity index (χ0) is 21.8. The van der Waals surface area contributed by atoms with E-state index >= 15 is 0 Å². The first-order valence-electron chi connectivity index (χ1n) is 9.48. The van der Waals surface area contributed by atoms with Crippen molar-refractivity contribution in [2.45, 2.75) is 71.3 Å². The average Bonchev–Trinajstić information content (AvgIpc) is 2.51. The predicted octanol–water partition coefficient (Wildman–Crippen LogP) is 4.79. The summed E-state index contributed by atoms with van der Waals surface area (Å²) in [6.45, 7) is 16.2. The number of methoxy groups -OCH3 is 1. The number of ether oxygens (including phenoxy) is 2. The summed E-state index contributed by atoms with van der Waals surface area (Å²) in [5, 5.41) is 2.67. The normalized spacial score (nSPS) is 13.6. The highest BCUT2D eigenvalue weighted by Crippen LogP contribution is 2.37. The second kappa shape index (κ2) is 9.09. The van der Waals surface area contributed by atoms with E-state index in [1.165, 1.54) is 7.11 Å². The van der Waals surface area contributed by atoms with Gasteiger partial charge in [-0.15, -0.1) is 0 Å². The molecule has 0 spiro atoms. The Labute approximate surface area is 170 Å². The maximum absolute atomic E-state index is 12.8. The van der Waals surface area contributed by atoms with Crippen molar-refractivity contribution in [2.24, 2.45) is 0 Å². The van der Waals surface area contributed by atoms with E-state index in [9.17, 15) is 9.59 Å². The summed E-state index contributed by atoms with van der Waals surface area (Å²) in [4.78, 5) is 24.8. The van der Waals surface area contributed by atoms with E-state index in [-0.39, 0.29) is 17.4 Å². The van der Waals surface area contributed by atoms with Gasteiger partial charge in [0.05, 0.1) is 6.61 Å². The van der Waals surface area contributed by atoms with Gasteiger partial charge in [0, 0.05) is 12.7 Å². The molecule has 0 aromatic heterocycles. The monoisotopic (exact) mass is 409 g/mol. The minimum absolute atomic E-state index is 0.0558. The number of amides is 1. The lowest BCUT2D eigenvalue weighted by atomic mass is 10.0. The molecule has 6 nitrogen and oxygen atoms in total. The molecule has 0 unspecified atom stereocenters. The van der Waals surface area contributed by atoms with Crippen LogP contribution >= 0.6 is 0 Å². The molecule has 0 saturated carbocycles. The zero-order valence-electron chi connectivity index (χ0n) is 18.6. The zero-order valence-corrected chi connectivity index (χ0v) is 19.6. The van der Waals surface area contributed by atoms with Crippen molar-refractivity contribution in [3.8, 4) is 5.75 Å². The number of hydrogen-bond acceptors (Lipinski definition) is 5. The topological polar surface area (TPSA) is 73.9 Å². The highest BCUT2D eigenvalue weighted by molar-refractivity contribution is 6.74. The second-order valence-corrected chi connectivity index (χ2v) is 14.1. The van der Waals surface area contributed by atoms with Crippen LogP contribution in [0.25, 0.3) is 0 Å². The Hall–Kier alpha value is -1.86. The van der Waals surface area contributed by atoms with E-state index in [1.807, 2.05) is 0 Å². The van der Waals surface area contributed by atoms with Crippen molar-refractivity contribution in [2.75, 3.05) is 13.7 Å². The SMILES string of the molecule is COC[C@H](NC(=O)OC(C)(C)C)C(=O)c1ccc(O[Si](C)(C)C(C)(C)C)cc1. The second-order valence-electron chi connectivity index (χ2n) is 9.41. The van der Waals surface area contributed by atoms with E-state index in [1.54, 1.807) is 45.0 Å². The molecule has 0 aliphatic heterocycles. The molecule has 158 valence electrons. The van der Waals surface area contributed by atoms with Gasteiger partial charge in [0.25, 0.3) is 0 Å². The summed E-state index contributed by atoms with van der Waals surface area (Å²) in [7, 11) is -0.469. The molecule has 1 rings (SSSR count). The first kappa shape index (κ1) is 24.2. The maximum atomic E-state index is 12.8. The molecule has 0 saturated heterocycles. The van der Waals surface area contributed by atoms with Crippen molar-refractivity contribution in [1.29, 1.82) is 0 Å². The number of benzene rings is 1. The molecule has 28 heavy (non-hydrogen) atoms. The van der Waals surface area contributed by atoms with Crippen molar-refractivity contribution in [1.82, 2.24) is 5.32 Å². The molecule has 0 radical (unpaired) electrons. The van der Waals surface area contributed by atoms with Gasteiger partial charge in [-0.2, -0.15) is 0 Å². The van der Waals surface area contributed by atoms with Crippen LogP contribution in [0.4, 0.5) is 4.79 Å². The fourth-order valence-electron chi connectivity index (χ4n) is 2.14. The summed E-state index contributed by atoms with van der Waals surface area (Å²) in [6.07, 6.45) is -0.652. The van der Waals surface area contributed by atoms with Gasteiger partial charge in [-0.05, 0) is 63.2 Å². The maximum Gasteiger partial charge on any atom is 0.408 e. The van der Waals surface area contributed by atoms with E-state index in [0.717, 1.165) is 5.75 Å². The summed E-state index contributed by atoms with van der Waals surface area (Å²) in [6, 6.07) is 6.19. The van der Waals surface area contributed by atoms with Gasteiger partial charge in [0.15, 0.2) is 5.78 Å². The van der Waals surface area contributed by atoms with Gasteiger partial charge < -0.3 is 19.2 Å². The van der Waals surface area contributed by atoms with Crippen LogP contribution in [0.3, 0.4) is 0 Å². The first-order chi connectivity index (χ1) is 12.7. The Morgan fingerprint density at radius 3 is 2.00 bits per heavy atom. The van der Waals surface area contributed by atoms with E-state index in [4.69, 9.17) is 13.9 Å². The third-order valence-electron chi connectivity index (χ3n) is 4.66. The lowest BCUT2D eigenvalue weighted by Gasteiger charge is -2.36. The number of nitrogens with one attached hydrogen (secondary N) is 1. The number of hydrogen-bond donors (Lipinski definition) is 1. The van der Waals surface area contributed by atoms with Crippen LogP contribution in [0.2, 0.25) is 18.1 Å². The molecule has 0 aliphatic rings. The summed E-state index contributed by atoms with van der Waals surface area (Å²) >= 11 is 0. The van der Waals surface area contributed by atoms with Gasteiger partial charge >= 0.3 is 6.09 Å². The molecule has 1 amide bonds. The van der Waals surface area contributed by atoms with Gasteiger partial charge in [-0.1, -0.05) is 20.8 Å². The molecule has 1 atom stereocenters. The van der Waals surface area contributed by atoms with E-state index in [0.29, 0.717) is 5.56 Å². The number of rotatable bonds is 7. The molecule has 0 fully saturated rings. The molecule has 7 heteroatoms. The van der Waals surface area contributed by atoms with Crippen LogP contribution in [-0.2, 0) is 9.47 Å². The van der Waals surface area contributed by atoms with Crippen molar-refractivity contribution < 1.29 is 23.5 Å². The standard InChI is InChI=1S/C21H35NO5Si/c1-20(2,3)26-19(24)22-17(14-25-7)18(23)15-10-12-16(13-11-15)27-28(8,9)21(4,5)6/h10-13,17H,14H2,1-9H3,(H,22,24)/t17-/m0/s1. The minimum atomic E-state index is -1.95. The Morgan fingerprint density at radius 2 is 1.57 bits per heavy atom. The number of carbonyl (C=O) groups excluding carboxylic acids is 2. The Balaban J connectivity index is 2.89. The molecule has 1 aromatic rings. The van der Waals surface area contributed by atoms with Crippen LogP contribution in [0.1, 0.15) is 51.9 Å². The third kappa shape index (κ3) is 7.28. The van der Waals surface area contributed by atoms with Crippen LogP contribution in [0.5, 0.6) is 5.75 Å². The van der Waals surface area contributed by atoms with Gasteiger partial charge in [-0.25, -0.2) is 4.79 Å². The Kier molecular flexibility index (Phi) is 7.85. The van der Waals surface area contributed by atoms with Crippen LogP contribution in [-0.4, -0.2) is 45.6 Å². The molecular weight excluding hydrogens is 374 g/mol. The van der Waals surface area contributed by atoms with Crippen molar-refractivity contribution in [3.63, 3.8) is 0 Å². The van der Waals surface area contributed by atoms with Crippen molar-refractivity contribution in [3.05, 3.63) is 29.8 Å². The van der Waals surface area contributed by atoms with E-state index < -0.39 is 26.1 Å². The highest BCUT2D eigenvalue weighted by Gasteiger charge is 2.39. The number of alkyl carbamates (subject to hydrolysis) is 1. The Bertz CT molecular complexity index is 672. The van der Waals surface area contributed by atoms with Gasteiger partial charge in [0.1, 0.15) is 17.4 Å². The third-order valence-corrected chi connectivity index (χ3v) is 9.02. The summed E-state index contributed by atoms with van der Waals surface area (Å²) < 4.78 is 16.6. The number of ketones is 1. The first-order valence-corrected chi connectivity index (χ1v) is 12.4. The quantitative estimate of drug-likeness (QED) is 0.517. The fraction of sp³-hybridized carbons (Fsp3) is 0.619. The number of Topliss-reactive ketones (excluding diaryl/α,β-unsaturated/α-hetero) is 1. The fourth-order valence-corrected chi connectivity index (χ4v) is 3.17. The minimum Gasteiger partial charge on any atom is -0.544 e. The lowest BCUT2D eigenvalue weighted by Crippen LogP contribution is -2.46. The van der Waals surface area contributed by atoms with Crippen LogP contribution in [0.15, 0.2) is 24.3 Å². The molecule has 1 N–H and O–H groups in total. The predicted molar refractivity (Wildman–Crippen MR) is 114 cm³/mol. The van der Waals surface area contributed by atoms with E-state index in [2.05, 4.69) is 39.2 Å². The molecular formula is C21H35NO5Si. The number of carbonyl (C=O) groups is 2. The smallest absolute Gasteiger partial charge is 0.408 e. The highest BCUT2D eigenvalue weighted by atomic mass is 28.4. The Morgan fingerprint density at radius 1 is 1.04 bits per heavy atom. The van der Waals surface area contributed by atoms with Crippen LogP contribution < -0.4 is 9.74 Å². The summed E-state index contributed by atoms with van der Waals surface area (Å²) in [5.41, 5.74) is -0.172. The van der Waals surface area contributed by atoms with Gasteiger partial charge in [0.2, 0.25) is 8.32 Å². The van der Waals surface area contributed by atoms with Crippen LogP contribution in [0, 0.1) is 0 Å².